The topological polar surface area (TPSA) is 134 Å². The molecule has 1 aliphatic carbocycles. The molecule has 4 N–H and O–H groups in total. The number of fused-ring (bicyclic) bond motifs is 2. The van der Waals surface area contributed by atoms with Crippen molar-refractivity contribution in [2.45, 2.75) is 6.92 Å². The van der Waals surface area contributed by atoms with Crippen molar-refractivity contribution in [2.75, 3.05) is 11.1 Å². The third-order valence-corrected chi connectivity index (χ3v) is 5.84. The van der Waals surface area contributed by atoms with Crippen LogP contribution in [0.2, 0.25) is 0 Å². The van der Waals surface area contributed by atoms with E-state index in [1.807, 2.05) is 30.3 Å². The van der Waals surface area contributed by atoms with E-state index in [0.717, 1.165) is 5.69 Å². The van der Waals surface area contributed by atoms with E-state index in [4.69, 9.17) is 12.3 Å². The Hall–Kier alpha value is -5.36. The van der Waals surface area contributed by atoms with E-state index >= 15 is 0 Å². The summed E-state index contributed by atoms with van der Waals surface area (Å²) in [5.41, 5.74) is 8.17. The maximum atomic E-state index is 13.3. The Labute approximate surface area is 205 Å². The van der Waals surface area contributed by atoms with Gasteiger partial charge in [0.25, 0.3) is 0 Å². The summed E-state index contributed by atoms with van der Waals surface area (Å²) in [6.45, 7) is 9.32. The van der Waals surface area contributed by atoms with Crippen LogP contribution in [0.1, 0.15) is 37.4 Å². The molecule has 1 heterocycles. The van der Waals surface area contributed by atoms with Crippen LogP contribution in [-0.4, -0.2) is 21.7 Å². The number of phenols is 1. The lowest BCUT2D eigenvalue weighted by atomic mass is 9.83. The number of hydrogen-bond donors (Lipinski definition) is 3. The number of aromatic hydroxyl groups is 1. The number of ketones is 2. The summed E-state index contributed by atoms with van der Waals surface area (Å²) in [7, 11) is 0. The van der Waals surface area contributed by atoms with Crippen LogP contribution in [0.15, 0.2) is 77.0 Å². The van der Waals surface area contributed by atoms with Crippen molar-refractivity contribution in [3.05, 3.63) is 106 Å². The van der Waals surface area contributed by atoms with Crippen LogP contribution in [0.25, 0.3) is 4.85 Å². The number of nitrogens with two attached hydrogens (primary N) is 1. The van der Waals surface area contributed by atoms with Gasteiger partial charge in [-0.2, -0.15) is 0 Å². The Morgan fingerprint density at radius 3 is 2.33 bits per heavy atom. The van der Waals surface area contributed by atoms with Crippen molar-refractivity contribution in [3.8, 4) is 5.75 Å². The largest absolute Gasteiger partial charge is 0.507 e. The molecule has 0 saturated carbocycles. The Balaban J connectivity index is 1.57. The molecule has 0 fully saturated rings. The minimum absolute atomic E-state index is 0.0391. The van der Waals surface area contributed by atoms with Gasteiger partial charge in [-0.25, -0.2) is 9.83 Å². The van der Waals surface area contributed by atoms with Crippen molar-refractivity contribution >= 4 is 46.0 Å². The summed E-state index contributed by atoms with van der Waals surface area (Å²) in [5, 5.41) is 21.8. The number of carbonyl (C=O) groups is 2. The first-order valence-corrected chi connectivity index (χ1v) is 10.9. The van der Waals surface area contributed by atoms with Gasteiger partial charge in [-0.15, -0.1) is 10.2 Å². The van der Waals surface area contributed by atoms with Crippen LogP contribution >= 0.6 is 0 Å². The van der Waals surface area contributed by atoms with Gasteiger partial charge in [0.15, 0.2) is 17.4 Å². The van der Waals surface area contributed by atoms with Gasteiger partial charge < -0.3 is 16.2 Å². The van der Waals surface area contributed by atoms with E-state index in [2.05, 4.69) is 25.4 Å². The number of anilines is 3. The van der Waals surface area contributed by atoms with Gasteiger partial charge in [0.2, 0.25) is 5.69 Å². The molecule has 9 heteroatoms. The zero-order valence-electron chi connectivity index (χ0n) is 19.0. The lowest BCUT2D eigenvalue weighted by Gasteiger charge is -2.19. The fourth-order valence-corrected chi connectivity index (χ4v) is 4.11. The lowest BCUT2D eigenvalue weighted by Crippen LogP contribution is -2.21. The van der Waals surface area contributed by atoms with Crippen molar-refractivity contribution in [2.24, 2.45) is 10.2 Å². The zero-order chi connectivity index (χ0) is 25.4. The molecule has 3 aromatic carbocycles. The van der Waals surface area contributed by atoms with Crippen LogP contribution in [-0.2, 0) is 0 Å². The van der Waals surface area contributed by atoms with Crippen molar-refractivity contribution < 1.29 is 14.7 Å². The molecule has 36 heavy (non-hydrogen) atoms. The van der Waals surface area contributed by atoms with Crippen LogP contribution in [0.4, 0.5) is 34.4 Å². The smallest absolute Gasteiger partial charge is 0.233 e. The van der Waals surface area contributed by atoms with Gasteiger partial charge in [0.1, 0.15) is 17.3 Å². The SMILES string of the molecule is [C-]#[N+]c1c(Nc2ccccc2)nc(N)c(N=Nc2cccc3c2C(=O)c2c(O)cccc2C3=O)c1C. The molecule has 174 valence electrons. The number of para-hydroxylation sites is 1. The lowest BCUT2D eigenvalue weighted by molar-refractivity contribution is 0.0977. The van der Waals surface area contributed by atoms with E-state index in [1.54, 1.807) is 19.1 Å². The van der Waals surface area contributed by atoms with Gasteiger partial charge >= 0.3 is 0 Å². The molecule has 0 unspecified atom stereocenters. The molecule has 0 atom stereocenters. The summed E-state index contributed by atoms with van der Waals surface area (Å²) in [6, 6.07) is 18.3. The number of nitrogens with one attached hydrogen (secondary N) is 1. The predicted octanol–water partition coefficient (Wildman–Crippen LogP) is 6.16. The molecule has 4 aromatic rings. The Bertz CT molecular complexity index is 1640. The molecule has 0 saturated heterocycles. The van der Waals surface area contributed by atoms with Crippen LogP contribution in [0, 0.1) is 13.5 Å². The summed E-state index contributed by atoms with van der Waals surface area (Å²) < 4.78 is 0. The summed E-state index contributed by atoms with van der Waals surface area (Å²) in [6.07, 6.45) is 0. The quantitative estimate of drug-likeness (QED) is 0.211. The van der Waals surface area contributed by atoms with Gasteiger partial charge in [-0.1, -0.05) is 42.5 Å². The third-order valence-electron chi connectivity index (χ3n) is 5.84. The normalized spacial score (nSPS) is 12.2. The highest BCUT2D eigenvalue weighted by Crippen LogP contribution is 2.41. The van der Waals surface area contributed by atoms with E-state index in [-0.39, 0.29) is 56.7 Å². The molecule has 0 radical (unpaired) electrons. The van der Waals surface area contributed by atoms with Gasteiger partial charge in [-0.3, -0.25) is 9.59 Å². The van der Waals surface area contributed by atoms with Crippen molar-refractivity contribution in [1.29, 1.82) is 0 Å². The average Bonchev–Trinajstić information content (AvgIpc) is 2.87. The first kappa shape index (κ1) is 22.4. The number of carbonyl (C=O) groups excluding carboxylic acids is 2. The number of nitrogen functional groups attached to an aromatic ring is 1. The Morgan fingerprint density at radius 1 is 0.917 bits per heavy atom. The second-order valence-electron chi connectivity index (χ2n) is 8.03. The molecule has 0 spiro atoms. The van der Waals surface area contributed by atoms with Gasteiger partial charge in [-0.05, 0) is 36.8 Å². The molecule has 5 rings (SSSR count). The Morgan fingerprint density at radius 2 is 1.61 bits per heavy atom. The first-order valence-electron chi connectivity index (χ1n) is 10.9. The molecule has 0 amide bonds. The number of nitrogens with zero attached hydrogens (tertiary/aromatic N) is 4. The summed E-state index contributed by atoms with van der Waals surface area (Å²) >= 11 is 0. The van der Waals surface area contributed by atoms with E-state index in [0.29, 0.717) is 5.56 Å². The monoisotopic (exact) mass is 474 g/mol. The summed E-state index contributed by atoms with van der Waals surface area (Å²) in [4.78, 5) is 34.2. The molecule has 9 nitrogen and oxygen atoms in total. The number of phenolic OH excluding ortho intramolecular Hbond substituents is 1. The van der Waals surface area contributed by atoms with Crippen molar-refractivity contribution in [3.63, 3.8) is 0 Å². The predicted molar refractivity (Wildman–Crippen MR) is 135 cm³/mol. The molecule has 1 aromatic heterocycles. The maximum absolute atomic E-state index is 13.3. The molecule has 1 aliphatic rings. The van der Waals surface area contributed by atoms with E-state index in [9.17, 15) is 14.7 Å². The average molecular weight is 474 g/mol. The fraction of sp³-hybridized carbons (Fsp3) is 0.0370. The highest BCUT2D eigenvalue weighted by Gasteiger charge is 2.33. The van der Waals surface area contributed by atoms with Crippen LogP contribution in [0.3, 0.4) is 0 Å². The van der Waals surface area contributed by atoms with E-state index in [1.165, 1.54) is 24.3 Å². The maximum Gasteiger partial charge on any atom is 0.233 e. The van der Waals surface area contributed by atoms with E-state index < -0.39 is 11.6 Å². The second-order valence-corrected chi connectivity index (χ2v) is 8.03. The highest BCUT2D eigenvalue weighted by molar-refractivity contribution is 6.30. The standard InChI is InChI=1S/C27H18N6O3/c1-14-22(26(28)31-27(23(14)29-2)30-15-8-4-3-5-9-15)33-32-18-12-6-10-16-20(18)25(36)21-17(24(16)35)11-7-13-19(21)34/h3-13,34H,1H3,(H3,28,30,31). The minimum atomic E-state index is -0.528. The number of pyridine rings is 1. The molecule has 0 aliphatic heterocycles. The fourth-order valence-electron chi connectivity index (χ4n) is 4.11. The van der Waals surface area contributed by atoms with Crippen LogP contribution < -0.4 is 11.1 Å². The second kappa shape index (κ2) is 8.77. The molecule has 0 bridgehead atoms. The molecular formula is C27H18N6O3. The molecular weight excluding hydrogens is 456 g/mol. The number of rotatable bonds is 4. The number of benzene rings is 3. The van der Waals surface area contributed by atoms with Crippen LogP contribution in [0.5, 0.6) is 5.75 Å². The van der Waals surface area contributed by atoms with Gasteiger partial charge in [0.05, 0.1) is 23.4 Å². The highest BCUT2D eigenvalue weighted by atomic mass is 16.3. The number of hydrogen-bond acceptors (Lipinski definition) is 8. The third kappa shape index (κ3) is 3.63. The number of azo groups is 1. The zero-order valence-corrected chi connectivity index (χ0v) is 19.0. The van der Waals surface area contributed by atoms with Crippen molar-refractivity contribution in [1.82, 2.24) is 4.98 Å². The number of aromatic nitrogens is 1. The Kier molecular flexibility index (Phi) is 5.47. The summed E-state index contributed by atoms with van der Waals surface area (Å²) in [5.74, 6) is -0.876. The van der Waals surface area contributed by atoms with Gasteiger partial charge in [0, 0.05) is 16.8 Å². The first-order chi connectivity index (χ1) is 17.4. The minimum Gasteiger partial charge on any atom is -0.507 e.